The van der Waals surface area contributed by atoms with Crippen LogP contribution < -0.4 is 0 Å². The van der Waals surface area contributed by atoms with Gasteiger partial charge in [0.05, 0.1) is 6.04 Å². The molecule has 6 heteroatoms. The maximum absolute atomic E-state index is 13.9. The first-order valence-electron chi connectivity index (χ1n) is 8.41. The normalized spacial score (nSPS) is 16.8. The van der Waals surface area contributed by atoms with Crippen LogP contribution in [0.4, 0.5) is 8.78 Å². The lowest BCUT2D eigenvalue weighted by Gasteiger charge is -2.23. The zero-order valence-corrected chi connectivity index (χ0v) is 13.9. The number of halogens is 2. The van der Waals surface area contributed by atoms with E-state index in [-0.39, 0.29) is 34.8 Å². The van der Waals surface area contributed by atoms with Crippen molar-refractivity contribution in [3.63, 3.8) is 0 Å². The Morgan fingerprint density at radius 2 is 1.88 bits per heavy atom. The highest BCUT2D eigenvalue weighted by Crippen LogP contribution is 2.33. The zero-order chi connectivity index (χ0) is 18.1. The van der Waals surface area contributed by atoms with Crippen LogP contribution in [-0.4, -0.2) is 22.5 Å². The highest BCUT2D eigenvalue weighted by atomic mass is 19.1. The van der Waals surface area contributed by atoms with E-state index in [9.17, 15) is 13.6 Å². The number of aromatic nitrogens is 1. The molecule has 0 spiro atoms. The van der Waals surface area contributed by atoms with Gasteiger partial charge in [-0.1, -0.05) is 29.4 Å². The van der Waals surface area contributed by atoms with Crippen molar-refractivity contribution in [2.24, 2.45) is 0 Å². The van der Waals surface area contributed by atoms with Gasteiger partial charge >= 0.3 is 0 Å². The van der Waals surface area contributed by atoms with Gasteiger partial charge in [-0.2, -0.15) is 0 Å². The molecule has 4 nitrogen and oxygen atoms in total. The van der Waals surface area contributed by atoms with Crippen LogP contribution in [0.15, 0.2) is 59.1 Å². The molecule has 1 aliphatic rings. The van der Waals surface area contributed by atoms with Crippen molar-refractivity contribution < 1.29 is 18.1 Å². The zero-order valence-electron chi connectivity index (χ0n) is 13.9. The van der Waals surface area contributed by atoms with Crippen molar-refractivity contribution in [3.8, 4) is 11.3 Å². The Morgan fingerprint density at radius 3 is 2.65 bits per heavy atom. The maximum Gasteiger partial charge on any atom is 0.292 e. The van der Waals surface area contributed by atoms with Crippen molar-refractivity contribution in [2.75, 3.05) is 6.54 Å². The minimum absolute atomic E-state index is 0.0669. The summed E-state index contributed by atoms with van der Waals surface area (Å²) in [5.41, 5.74) is 1.45. The van der Waals surface area contributed by atoms with Crippen molar-refractivity contribution in [1.29, 1.82) is 0 Å². The minimum Gasteiger partial charge on any atom is -0.350 e. The average Bonchev–Trinajstić information content (AvgIpc) is 3.32. The van der Waals surface area contributed by atoms with Gasteiger partial charge in [-0.25, -0.2) is 8.78 Å². The third-order valence-electron chi connectivity index (χ3n) is 4.64. The fraction of sp³-hybridized carbons (Fsp3) is 0.200. The van der Waals surface area contributed by atoms with Crippen molar-refractivity contribution in [2.45, 2.75) is 18.9 Å². The quantitative estimate of drug-likeness (QED) is 0.691. The molecule has 1 aliphatic heterocycles. The number of hydrogen-bond acceptors (Lipinski definition) is 3. The van der Waals surface area contributed by atoms with E-state index >= 15 is 0 Å². The van der Waals surface area contributed by atoms with Crippen LogP contribution in [0.1, 0.15) is 35.0 Å². The maximum atomic E-state index is 13.9. The molecule has 0 radical (unpaired) electrons. The number of nitrogens with zero attached hydrogens (tertiary/aromatic N) is 2. The molecule has 0 N–H and O–H groups in total. The van der Waals surface area contributed by atoms with Gasteiger partial charge in [0.1, 0.15) is 17.3 Å². The number of carbonyl (C=O) groups excluding carboxylic acids is 1. The number of carbonyl (C=O) groups is 1. The highest BCUT2D eigenvalue weighted by Gasteiger charge is 2.32. The third-order valence-corrected chi connectivity index (χ3v) is 4.64. The number of likely N-dealkylation sites (tertiary alicyclic amines) is 1. The molecule has 0 saturated carbocycles. The summed E-state index contributed by atoms with van der Waals surface area (Å²) >= 11 is 0. The molecule has 1 atom stereocenters. The number of amides is 1. The van der Waals surface area contributed by atoms with Gasteiger partial charge in [-0.15, -0.1) is 0 Å². The lowest BCUT2D eigenvalue weighted by Crippen LogP contribution is -2.30. The monoisotopic (exact) mass is 354 g/mol. The van der Waals surface area contributed by atoms with E-state index in [1.165, 1.54) is 24.3 Å². The van der Waals surface area contributed by atoms with E-state index in [0.29, 0.717) is 6.54 Å². The number of benzene rings is 2. The third kappa shape index (κ3) is 2.98. The van der Waals surface area contributed by atoms with E-state index in [0.717, 1.165) is 18.4 Å². The Morgan fingerprint density at radius 1 is 1.12 bits per heavy atom. The Kier molecular flexibility index (Phi) is 4.24. The molecular formula is C20H16F2N2O2. The molecule has 132 valence electrons. The largest absolute Gasteiger partial charge is 0.350 e. The Balaban J connectivity index is 1.59. The Hall–Kier alpha value is -3.02. The second-order valence-corrected chi connectivity index (χ2v) is 6.26. The predicted molar refractivity (Wildman–Crippen MR) is 91.3 cm³/mol. The smallest absolute Gasteiger partial charge is 0.292 e. The highest BCUT2D eigenvalue weighted by molar-refractivity contribution is 5.93. The van der Waals surface area contributed by atoms with Crippen molar-refractivity contribution in [1.82, 2.24) is 10.1 Å². The number of hydrogen-bond donors (Lipinski definition) is 0. The second-order valence-electron chi connectivity index (χ2n) is 6.26. The molecular weight excluding hydrogens is 338 g/mol. The van der Waals surface area contributed by atoms with Crippen LogP contribution in [0.3, 0.4) is 0 Å². The SMILES string of the molecule is O=C(c1cc(-c2ccccc2F)no1)N1CCC[C@@H]1c1ccc(F)cc1. The van der Waals surface area contributed by atoms with Crippen LogP contribution in [0, 0.1) is 11.6 Å². The van der Waals surface area contributed by atoms with Gasteiger partial charge in [-0.05, 0) is 42.7 Å². The van der Waals surface area contributed by atoms with Crippen LogP contribution >= 0.6 is 0 Å². The molecule has 0 unspecified atom stereocenters. The van der Waals surface area contributed by atoms with E-state index in [1.807, 2.05) is 0 Å². The van der Waals surface area contributed by atoms with Gasteiger partial charge in [0.15, 0.2) is 0 Å². The summed E-state index contributed by atoms with van der Waals surface area (Å²) in [6, 6.07) is 13.7. The lowest BCUT2D eigenvalue weighted by molar-refractivity contribution is 0.0693. The van der Waals surface area contributed by atoms with Crippen molar-refractivity contribution >= 4 is 5.91 Å². The van der Waals surface area contributed by atoms with Crippen LogP contribution in [0.2, 0.25) is 0 Å². The summed E-state index contributed by atoms with van der Waals surface area (Å²) < 4.78 is 32.2. The molecule has 4 rings (SSSR count). The van der Waals surface area contributed by atoms with Crippen LogP contribution in [-0.2, 0) is 0 Å². The van der Waals surface area contributed by atoms with E-state index < -0.39 is 5.82 Å². The standard InChI is InChI=1S/C20H16F2N2O2/c21-14-9-7-13(8-10-14)18-6-3-11-24(18)20(25)19-12-17(23-26-19)15-4-1-2-5-16(15)22/h1-2,4-5,7-10,12,18H,3,6,11H2/t18-/m1/s1. The van der Waals surface area contributed by atoms with Gasteiger partial charge < -0.3 is 9.42 Å². The molecule has 0 aliphatic carbocycles. The van der Waals surface area contributed by atoms with Gasteiger partial charge in [-0.3, -0.25) is 4.79 Å². The summed E-state index contributed by atoms with van der Waals surface area (Å²) in [4.78, 5) is 14.5. The van der Waals surface area contributed by atoms with E-state index in [2.05, 4.69) is 5.16 Å². The molecule has 2 aromatic carbocycles. The molecule has 1 aromatic heterocycles. The summed E-state index contributed by atoms with van der Waals surface area (Å²) in [7, 11) is 0. The topological polar surface area (TPSA) is 46.3 Å². The molecule has 1 amide bonds. The Labute approximate surface area is 149 Å². The molecule has 2 heterocycles. The van der Waals surface area contributed by atoms with Crippen LogP contribution in [0.25, 0.3) is 11.3 Å². The molecule has 0 bridgehead atoms. The first-order chi connectivity index (χ1) is 12.6. The van der Waals surface area contributed by atoms with Crippen LogP contribution in [0.5, 0.6) is 0 Å². The van der Waals surface area contributed by atoms with E-state index in [1.54, 1.807) is 35.2 Å². The fourth-order valence-corrected chi connectivity index (χ4v) is 3.35. The summed E-state index contributed by atoms with van der Waals surface area (Å²) in [6.07, 6.45) is 1.65. The Bertz CT molecular complexity index is 937. The molecule has 1 fully saturated rings. The van der Waals surface area contributed by atoms with Crippen molar-refractivity contribution in [3.05, 3.63) is 77.6 Å². The summed E-state index contributed by atoms with van der Waals surface area (Å²) in [5, 5.41) is 3.84. The van der Waals surface area contributed by atoms with E-state index in [4.69, 9.17) is 4.52 Å². The van der Waals surface area contributed by atoms with Gasteiger partial charge in [0.2, 0.25) is 5.76 Å². The molecule has 26 heavy (non-hydrogen) atoms. The molecule has 3 aromatic rings. The first-order valence-corrected chi connectivity index (χ1v) is 8.41. The second kappa shape index (κ2) is 6.71. The first kappa shape index (κ1) is 16.4. The summed E-state index contributed by atoms with van der Waals surface area (Å²) in [6.45, 7) is 0.580. The van der Waals surface area contributed by atoms with Gasteiger partial charge in [0.25, 0.3) is 5.91 Å². The fourth-order valence-electron chi connectivity index (χ4n) is 3.35. The lowest BCUT2D eigenvalue weighted by atomic mass is 10.0. The average molecular weight is 354 g/mol. The van der Waals surface area contributed by atoms with Gasteiger partial charge in [0, 0.05) is 18.2 Å². The molecule has 1 saturated heterocycles. The predicted octanol–water partition coefficient (Wildman–Crippen LogP) is 4.60. The number of rotatable bonds is 3. The minimum atomic E-state index is -0.426. The summed E-state index contributed by atoms with van der Waals surface area (Å²) in [5.74, 6) is -0.969.